The van der Waals surface area contributed by atoms with Crippen LogP contribution in [0, 0.1) is 11.8 Å². The van der Waals surface area contributed by atoms with E-state index >= 15 is 0 Å². The second-order valence-corrected chi connectivity index (χ2v) is 9.17. The summed E-state index contributed by atoms with van der Waals surface area (Å²) in [4.78, 5) is 34.1. The summed E-state index contributed by atoms with van der Waals surface area (Å²) in [6.07, 6.45) is 5.71. The monoisotopic (exact) mass is 434 g/mol. The average Bonchev–Trinajstić information content (AvgIpc) is 2.83. The van der Waals surface area contributed by atoms with Gasteiger partial charge in [-0.3, -0.25) is 9.59 Å². The number of nitrogens with zero attached hydrogens (tertiary/aromatic N) is 3. The Hall–Kier alpha value is -3.09. The standard InChI is InChI=1S/C25H30N4O3/c1-32-22-7-3-2-5-18(22)12-27-25(31)19-9-10-23(26-13-19)28-14-17-11-20(16-28)21-6-4-8-24(30)29(21)15-17/h2-3,5,7,9-10,13,17,20-21H,4,6,8,11-12,14-16H2,1H3,(H,27,31)/t17?,20?,21-/m1/s1. The molecule has 4 heterocycles. The summed E-state index contributed by atoms with van der Waals surface area (Å²) in [6.45, 7) is 3.12. The van der Waals surface area contributed by atoms with Gasteiger partial charge in [0.2, 0.25) is 5.91 Å². The van der Waals surface area contributed by atoms with Gasteiger partial charge in [-0.15, -0.1) is 0 Å². The molecule has 0 radical (unpaired) electrons. The quantitative estimate of drug-likeness (QED) is 0.783. The molecule has 3 aliphatic rings. The lowest BCUT2D eigenvalue weighted by molar-refractivity contribution is -0.142. The fourth-order valence-electron chi connectivity index (χ4n) is 5.63. The zero-order valence-electron chi connectivity index (χ0n) is 18.5. The molecule has 3 saturated heterocycles. The highest BCUT2D eigenvalue weighted by Gasteiger charge is 2.44. The van der Waals surface area contributed by atoms with Crippen molar-refractivity contribution in [1.29, 1.82) is 0 Å². The number of anilines is 1. The summed E-state index contributed by atoms with van der Waals surface area (Å²) in [5.41, 5.74) is 1.48. The number of rotatable bonds is 5. The lowest BCUT2D eigenvalue weighted by Gasteiger charge is -2.52. The van der Waals surface area contributed by atoms with Crippen molar-refractivity contribution >= 4 is 17.6 Å². The number of hydrogen-bond donors (Lipinski definition) is 1. The first-order chi connectivity index (χ1) is 15.6. The molecule has 0 aliphatic carbocycles. The van der Waals surface area contributed by atoms with Crippen LogP contribution in [0.3, 0.4) is 0 Å². The second-order valence-electron chi connectivity index (χ2n) is 9.17. The van der Waals surface area contributed by atoms with Crippen LogP contribution in [0.1, 0.15) is 41.6 Å². The van der Waals surface area contributed by atoms with Crippen LogP contribution in [-0.2, 0) is 11.3 Å². The molecule has 2 bridgehead atoms. The fraction of sp³-hybridized carbons (Fsp3) is 0.480. The Morgan fingerprint density at radius 2 is 2.06 bits per heavy atom. The van der Waals surface area contributed by atoms with E-state index in [9.17, 15) is 9.59 Å². The van der Waals surface area contributed by atoms with Crippen LogP contribution in [0.2, 0.25) is 0 Å². The van der Waals surface area contributed by atoms with E-state index in [2.05, 4.69) is 20.1 Å². The van der Waals surface area contributed by atoms with Crippen molar-refractivity contribution < 1.29 is 14.3 Å². The summed E-state index contributed by atoms with van der Waals surface area (Å²) in [5.74, 6) is 2.87. The van der Waals surface area contributed by atoms with Crippen LogP contribution in [0.15, 0.2) is 42.6 Å². The minimum Gasteiger partial charge on any atom is -0.496 e. The molecule has 32 heavy (non-hydrogen) atoms. The molecule has 7 nitrogen and oxygen atoms in total. The third-order valence-electron chi connectivity index (χ3n) is 7.15. The number of hydrogen-bond acceptors (Lipinski definition) is 5. The highest BCUT2D eigenvalue weighted by molar-refractivity contribution is 5.94. The Morgan fingerprint density at radius 3 is 2.88 bits per heavy atom. The predicted molar refractivity (Wildman–Crippen MR) is 122 cm³/mol. The zero-order chi connectivity index (χ0) is 22.1. The molecule has 2 aromatic rings. The van der Waals surface area contributed by atoms with Crippen molar-refractivity contribution in [3.05, 3.63) is 53.7 Å². The first kappa shape index (κ1) is 20.8. The number of pyridine rings is 1. The van der Waals surface area contributed by atoms with Crippen LogP contribution < -0.4 is 15.0 Å². The third kappa shape index (κ3) is 4.04. The molecule has 0 spiro atoms. The van der Waals surface area contributed by atoms with Crippen LogP contribution in [0.25, 0.3) is 0 Å². The zero-order valence-corrected chi connectivity index (χ0v) is 18.5. The number of aromatic nitrogens is 1. The maximum absolute atomic E-state index is 12.6. The topological polar surface area (TPSA) is 74.8 Å². The summed E-state index contributed by atoms with van der Waals surface area (Å²) in [5, 5.41) is 2.95. The van der Waals surface area contributed by atoms with Crippen molar-refractivity contribution in [3.63, 3.8) is 0 Å². The van der Waals surface area contributed by atoms with Crippen molar-refractivity contribution in [2.75, 3.05) is 31.6 Å². The fourth-order valence-corrected chi connectivity index (χ4v) is 5.63. The van der Waals surface area contributed by atoms with Crippen molar-refractivity contribution in [3.8, 4) is 5.75 Å². The van der Waals surface area contributed by atoms with E-state index in [1.165, 1.54) is 6.42 Å². The van der Waals surface area contributed by atoms with Gasteiger partial charge in [0.05, 0.1) is 12.7 Å². The highest BCUT2D eigenvalue weighted by atomic mass is 16.5. The third-order valence-corrected chi connectivity index (χ3v) is 7.15. The summed E-state index contributed by atoms with van der Waals surface area (Å²) in [7, 11) is 1.63. The van der Waals surface area contributed by atoms with Gasteiger partial charge in [-0.05, 0) is 49.3 Å². The summed E-state index contributed by atoms with van der Waals surface area (Å²) in [6, 6.07) is 11.8. The molecule has 5 rings (SSSR count). The minimum absolute atomic E-state index is 0.151. The van der Waals surface area contributed by atoms with Gasteiger partial charge in [0, 0.05) is 50.4 Å². The second kappa shape index (κ2) is 8.81. The largest absolute Gasteiger partial charge is 0.496 e. The molecule has 1 aromatic heterocycles. The minimum atomic E-state index is -0.151. The number of benzene rings is 1. The molecular formula is C25H30N4O3. The Labute approximate surface area is 188 Å². The highest BCUT2D eigenvalue weighted by Crippen LogP contribution is 2.38. The van der Waals surface area contributed by atoms with Gasteiger partial charge in [0.1, 0.15) is 11.6 Å². The van der Waals surface area contributed by atoms with Crippen LogP contribution in [0.5, 0.6) is 5.75 Å². The van der Waals surface area contributed by atoms with E-state index in [-0.39, 0.29) is 5.91 Å². The maximum Gasteiger partial charge on any atom is 0.253 e. The first-order valence-corrected chi connectivity index (χ1v) is 11.5. The van der Waals surface area contributed by atoms with Gasteiger partial charge in [0.25, 0.3) is 5.91 Å². The number of carbonyl (C=O) groups is 2. The van der Waals surface area contributed by atoms with Crippen LogP contribution >= 0.6 is 0 Å². The Kier molecular flexibility index (Phi) is 5.72. The normalized spacial score (nSPS) is 24.7. The molecule has 2 amide bonds. The molecule has 3 aliphatic heterocycles. The molecule has 3 fully saturated rings. The number of para-hydroxylation sites is 1. The first-order valence-electron chi connectivity index (χ1n) is 11.5. The van der Waals surface area contributed by atoms with Gasteiger partial charge < -0.3 is 19.9 Å². The number of piperidine rings is 3. The van der Waals surface area contributed by atoms with E-state index in [1.54, 1.807) is 13.3 Å². The van der Waals surface area contributed by atoms with E-state index in [1.807, 2.05) is 36.4 Å². The van der Waals surface area contributed by atoms with Gasteiger partial charge in [-0.2, -0.15) is 0 Å². The smallest absolute Gasteiger partial charge is 0.253 e. The van der Waals surface area contributed by atoms with Gasteiger partial charge in [-0.1, -0.05) is 18.2 Å². The van der Waals surface area contributed by atoms with Gasteiger partial charge in [-0.25, -0.2) is 4.98 Å². The number of nitrogens with one attached hydrogen (secondary N) is 1. The lowest BCUT2D eigenvalue weighted by atomic mass is 9.76. The van der Waals surface area contributed by atoms with Gasteiger partial charge >= 0.3 is 0 Å². The van der Waals surface area contributed by atoms with Crippen molar-refractivity contribution in [2.45, 2.75) is 38.3 Å². The van der Waals surface area contributed by atoms with E-state index in [4.69, 9.17) is 4.74 Å². The Balaban J connectivity index is 1.22. The molecule has 1 aromatic carbocycles. The van der Waals surface area contributed by atoms with Crippen LogP contribution in [0.4, 0.5) is 5.82 Å². The number of ether oxygens (including phenoxy) is 1. The SMILES string of the molecule is COc1ccccc1CNC(=O)c1ccc(N2CC3CC(C2)[C@H]2CCCC(=O)N2C3)nc1. The number of methoxy groups -OCH3 is 1. The Bertz CT molecular complexity index is 993. The lowest BCUT2D eigenvalue weighted by Crippen LogP contribution is -2.60. The molecule has 2 unspecified atom stereocenters. The molecule has 3 atom stereocenters. The molecular weight excluding hydrogens is 404 g/mol. The van der Waals surface area contributed by atoms with E-state index in [0.717, 1.165) is 49.6 Å². The molecule has 1 N–H and O–H groups in total. The van der Waals surface area contributed by atoms with Crippen molar-refractivity contribution in [2.24, 2.45) is 11.8 Å². The molecule has 7 heteroatoms. The van der Waals surface area contributed by atoms with Crippen molar-refractivity contribution in [1.82, 2.24) is 15.2 Å². The Morgan fingerprint density at radius 1 is 1.19 bits per heavy atom. The number of carbonyl (C=O) groups excluding carboxylic acids is 2. The van der Waals surface area contributed by atoms with E-state index in [0.29, 0.717) is 42.3 Å². The van der Waals surface area contributed by atoms with Crippen LogP contribution in [-0.4, -0.2) is 54.5 Å². The van der Waals surface area contributed by atoms with Gasteiger partial charge in [0.15, 0.2) is 0 Å². The predicted octanol–water partition coefficient (Wildman–Crippen LogP) is 2.86. The maximum atomic E-state index is 12.6. The number of fused-ring (bicyclic) bond motifs is 4. The summed E-state index contributed by atoms with van der Waals surface area (Å²) < 4.78 is 5.35. The van der Waals surface area contributed by atoms with E-state index < -0.39 is 0 Å². The average molecular weight is 435 g/mol. The summed E-state index contributed by atoms with van der Waals surface area (Å²) >= 11 is 0. The molecule has 168 valence electrons. The molecule has 0 saturated carbocycles. The number of amides is 2.